The van der Waals surface area contributed by atoms with E-state index in [0.29, 0.717) is 0 Å². The first kappa shape index (κ1) is 14.3. The summed E-state index contributed by atoms with van der Waals surface area (Å²) in [5, 5.41) is 8.75. The van der Waals surface area contributed by atoms with E-state index < -0.39 is 17.6 Å². The highest BCUT2D eigenvalue weighted by atomic mass is 35.5. The molecule has 0 aliphatic rings. The van der Waals surface area contributed by atoms with Crippen LogP contribution in [0, 0.1) is 11.6 Å². The van der Waals surface area contributed by atoms with E-state index in [9.17, 15) is 13.6 Å². The first-order valence-electron chi connectivity index (χ1n) is 5.57. The van der Waals surface area contributed by atoms with Crippen molar-refractivity contribution in [2.75, 3.05) is 0 Å². The highest BCUT2D eigenvalue weighted by molar-refractivity contribution is 6.30. The Morgan fingerprint density at radius 2 is 2.00 bits per heavy atom. The summed E-state index contributed by atoms with van der Waals surface area (Å²) < 4.78 is 32.0. The Labute approximate surface area is 118 Å². The molecule has 0 aliphatic carbocycles. The third kappa shape index (κ3) is 3.24. The van der Waals surface area contributed by atoms with Gasteiger partial charge in [-0.3, -0.25) is 0 Å². The number of aromatic carboxylic acids is 1. The van der Waals surface area contributed by atoms with E-state index in [-0.39, 0.29) is 28.5 Å². The zero-order valence-electron chi connectivity index (χ0n) is 10.1. The molecular formula is C14H9ClF2O3. The van der Waals surface area contributed by atoms with Crippen LogP contribution >= 0.6 is 11.6 Å². The molecule has 0 unspecified atom stereocenters. The van der Waals surface area contributed by atoms with Crippen molar-refractivity contribution in [3.8, 4) is 5.75 Å². The lowest BCUT2D eigenvalue weighted by Gasteiger charge is -2.08. The van der Waals surface area contributed by atoms with Gasteiger partial charge in [0.2, 0.25) is 0 Å². The number of hydrogen-bond acceptors (Lipinski definition) is 2. The first-order valence-corrected chi connectivity index (χ1v) is 5.95. The largest absolute Gasteiger partial charge is 0.489 e. The average Bonchev–Trinajstić information content (AvgIpc) is 2.40. The maximum Gasteiger partial charge on any atom is 0.335 e. The smallest absolute Gasteiger partial charge is 0.335 e. The highest BCUT2D eigenvalue weighted by Crippen LogP contribution is 2.21. The van der Waals surface area contributed by atoms with Gasteiger partial charge in [-0.25, -0.2) is 13.6 Å². The summed E-state index contributed by atoms with van der Waals surface area (Å²) in [6.07, 6.45) is 0. The number of ether oxygens (including phenoxy) is 1. The van der Waals surface area contributed by atoms with Gasteiger partial charge < -0.3 is 9.84 Å². The average molecular weight is 299 g/mol. The maximum atomic E-state index is 13.6. The van der Waals surface area contributed by atoms with Gasteiger partial charge in [-0.05, 0) is 18.2 Å². The maximum absolute atomic E-state index is 13.6. The van der Waals surface area contributed by atoms with Crippen LogP contribution < -0.4 is 4.74 Å². The SMILES string of the molecule is O=C(O)c1cc(F)cc(OCc2cccc(Cl)c2F)c1. The fourth-order valence-corrected chi connectivity index (χ4v) is 1.78. The van der Waals surface area contributed by atoms with Crippen molar-refractivity contribution in [3.05, 3.63) is 64.2 Å². The topological polar surface area (TPSA) is 46.5 Å². The van der Waals surface area contributed by atoms with E-state index in [2.05, 4.69) is 0 Å². The molecule has 0 atom stereocenters. The molecule has 20 heavy (non-hydrogen) atoms. The van der Waals surface area contributed by atoms with Gasteiger partial charge in [0, 0.05) is 11.6 Å². The molecule has 2 rings (SSSR count). The van der Waals surface area contributed by atoms with E-state index in [1.165, 1.54) is 12.1 Å². The summed E-state index contributed by atoms with van der Waals surface area (Å²) in [4.78, 5) is 10.8. The van der Waals surface area contributed by atoms with Gasteiger partial charge in [-0.2, -0.15) is 0 Å². The van der Waals surface area contributed by atoms with Crippen molar-refractivity contribution in [2.45, 2.75) is 6.61 Å². The molecule has 2 aromatic carbocycles. The van der Waals surface area contributed by atoms with Crippen molar-refractivity contribution in [1.29, 1.82) is 0 Å². The van der Waals surface area contributed by atoms with Crippen LogP contribution in [0.25, 0.3) is 0 Å². The number of carbonyl (C=O) groups is 1. The molecule has 0 radical (unpaired) electrons. The fourth-order valence-electron chi connectivity index (χ4n) is 1.59. The standard InChI is InChI=1S/C14H9ClF2O3/c15-12-3-1-2-8(13(12)17)7-20-11-5-9(14(18)19)4-10(16)6-11/h1-6H,7H2,(H,18,19). The number of halogens is 3. The Morgan fingerprint density at radius 3 is 2.70 bits per heavy atom. The summed E-state index contributed by atoms with van der Waals surface area (Å²) in [5.41, 5.74) is -0.0507. The molecule has 0 heterocycles. The summed E-state index contributed by atoms with van der Waals surface area (Å²) in [5.74, 6) is -2.64. The Kier molecular flexibility index (Phi) is 4.20. The molecule has 0 fully saturated rings. The van der Waals surface area contributed by atoms with Crippen LogP contribution in [0.1, 0.15) is 15.9 Å². The molecule has 0 bridgehead atoms. The van der Waals surface area contributed by atoms with Crippen molar-refractivity contribution >= 4 is 17.6 Å². The van der Waals surface area contributed by atoms with Crippen molar-refractivity contribution in [3.63, 3.8) is 0 Å². The molecule has 6 heteroatoms. The van der Waals surface area contributed by atoms with Gasteiger partial charge in [-0.1, -0.05) is 23.7 Å². The van der Waals surface area contributed by atoms with E-state index in [1.54, 1.807) is 6.07 Å². The van der Waals surface area contributed by atoms with Crippen LogP contribution in [0.15, 0.2) is 36.4 Å². The van der Waals surface area contributed by atoms with Crippen LogP contribution in [0.2, 0.25) is 5.02 Å². The third-order valence-corrected chi connectivity index (χ3v) is 2.84. The third-order valence-electron chi connectivity index (χ3n) is 2.54. The molecular weight excluding hydrogens is 290 g/mol. The molecule has 0 saturated heterocycles. The molecule has 2 aromatic rings. The second kappa shape index (κ2) is 5.88. The van der Waals surface area contributed by atoms with Crippen LogP contribution in [0.3, 0.4) is 0 Å². The normalized spacial score (nSPS) is 10.3. The van der Waals surface area contributed by atoms with E-state index in [1.807, 2.05) is 0 Å². The minimum absolute atomic E-state index is 0.00164. The molecule has 0 amide bonds. The first-order chi connectivity index (χ1) is 9.47. The van der Waals surface area contributed by atoms with Gasteiger partial charge in [0.25, 0.3) is 0 Å². The predicted molar refractivity (Wildman–Crippen MR) is 69.1 cm³/mol. The van der Waals surface area contributed by atoms with Gasteiger partial charge in [-0.15, -0.1) is 0 Å². The lowest BCUT2D eigenvalue weighted by Crippen LogP contribution is -2.02. The molecule has 0 saturated carbocycles. The summed E-state index contributed by atoms with van der Waals surface area (Å²) in [7, 11) is 0. The van der Waals surface area contributed by atoms with Crippen LogP contribution in [-0.4, -0.2) is 11.1 Å². The second-order valence-electron chi connectivity index (χ2n) is 3.98. The lowest BCUT2D eigenvalue weighted by molar-refractivity contribution is 0.0695. The van der Waals surface area contributed by atoms with Gasteiger partial charge in [0.1, 0.15) is 24.0 Å². The Hall–Kier alpha value is -2.14. The summed E-state index contributed by atoms with van der Waals surface area (Å²) in [6, 6.07) is 7.47. The number of rotatable bonds is 4. The number of carboxylic acid groups (broad SMARTS) is 1. The van der Waals surface area contributed by atoms with E-state index in [4.69, 9.17) is 21.4 Å². The quantitative estimate of drug-likeness (QED) is 0.931. The molecule has 3 nitrogen and oxygen atoms in total. The Balaban J connectivity index is 2.19. The molecule has 0 spiro atoms. The Morgan fingerprint density at radius 1 is 1.25 bits per heavy atom. The summed E-state index contributed by atoms with van der Waals surface area (Å²) >= 11 is 5.62. The van der Waals surface area contributed by atoms with E-state index in [0.717, 1.165) is 18.2 Å². The minimum Gasteiger partial charge on any atom is -0.489 e. The van der Waals surface area contributed by atoms with Crippen molar-refractivity contribution in [2.24, 2.45) is 0 Å². The summed E-state index contributed by atoms with van der Waals surface area (Å²) in [6.45, 7) is -0.186. The zero-order valence-corrected chi connectivity index (χ0v) is 10.8. The predicted octanol–water partition coefficient (Wildman–Crippen LogP) is 3.90. The number of hydrogen-bond donors (Lipinski definition) is 1. The molecule has 0 aliphatic heterocycles. The van der Waals surface area contributed by atoms with Crippen LogP contribution in [0.4, 0.5) is 8.78 Å². The fraction of sp³-hybridized carbons (Fsp3) is 0.0714. The highest BCUT2D eigenvalue weighted by Gasteiger charge is 2.10. The molecule has 104 valence electrons. The van der Waals surface area contributed by atoms with Crippen molar-refractivity contribution < 1.29 is 23.4 Å². The van der Waals surface area contributed by atoms with Crippen molar-refractivity contribution in [1.82, 2.24) is 0 Å². The monoisotopic (exact) mass is 298 g/mol. The van der Waals surface area contributed by atoms with Gasteiger partial charge >= 0.3 is 5.97 Å². The Bertz CT molecular complexity index is 659. The molecule has 1 N–H and O–H groups in total. The van der Waals surface area contributed by atoms with Crippen LogP contribution in [-0.2, 0) is 6.61 Å². The van der Waals surface area contributed by atoms with E-state index >= 15 is 0 Å². The molecule has 0 aromatic heterocycles. The number of carboxylic acids is 1. The lowest BCUT2D eigenvalue weighted by atomic mass is 10.2. The van der Waals surface area contributed by atoms with Crippen LogP contribution in [0.5, 0.6) is 5.75 Å². The second-order valence-corrected chi connectivity index (χ2v) is 4.39. The van der Waals surface area contributed by atoms with Gasteiger partial charge in [0.15, 0.2) is 0 Å². The van der Waals surface area contributed by atoms with Gasteiger partial charge in [0.05, 0.1) is 10.6 Å². The minimum atomic E-state index is -1.27. The number of benzene rings is 2. The zero-order chi connectivity index (χ0) is 14.7.